The lowest BCUT2D eigenvalue weighted by Gasteiger charge is -1.98. The minimum Gasteiger partial charge on any atom is -0.275 e. The maximum atomic E-state index is 8.90. The zero-order chi connectivity index (χ0) is 11.8. The first-order valence-corrected chi connectivity index (χ1v) is 5.14. The quantitative estimate of drug-likeness (QED) is 0.629. The molecule has 0 amide bonds. The summed E-state index contributed by atoms with van der Waals surface area (Å²) >= 11 is 0. The van der Waals surface area contributed by atoms with Gasteiger partial charge in [-0.1, -0.05) is 6.07 Å². The van der Waals surface area contributed by atoms with Gasteiger partial charge >= 0.3 is 0 Å². The van der Waals surface area contributed by atoms with Gasteiger partial charge in [0.15, 0.2) is 0 Å². The molecule has 0 N–H and O–H groups in total. The summed E-state index contributed by atoms with van der Waals surface area (Å²) in [7, 11) is 1.88. The van der Waals surface area contributed by atoms with E-state index in [1.54, 1.807) is 21.6 Å². The van der Waals surface area contributed by atoms with E-state index in [4.69, 9.17) is 5.26 Å². The molecule has 17 heavy (non-hydrogen) atoms. The largest absolute Gasteiger partial charge is 0.275 e. The average molecular weight is 223 g/mol. The smallest absolute Gasteiger partial charge is 0.103 e. The van der Waals surface area contributed by atoms with Gasteiger partial charge in [-0.15, -0.1) is 0 Å². The van der Waals surface area contributed by atoms with Crippen molar-refractivity contribution in [1.29, 1.82) is 5.26 Å². The van der Waals surface area contributed by atoms with E-state index in [9.17, 15) is 0 Å². The molecular formula is C12H9N5. The van der Waals surface area contributed by atoms with E-state index >= 15 is 0 Å². The number of nitriles is 1. The number of aromatic nitrogens is 4. The topological polar surface area (TPSA) is 58.9 Å². The van der Waals surface area contributed by atoms with Crippen LogP contribution in [-0.4, -0.2) is 19.4 Å². The first-order chi connectivity index (χ1) is 8.28. The van der Waals surface area contributed by atoms with Gasteiger partial charge in [0.05, 0.1) is 23.5 Å². The van der Waals surface area contributed by atoms with E-state index in [0.717, 1.165) is 16.6 Å². The van der Waals surface area contributed by atoms with Crippen molar-refractivity contribution in [3.05, 3.63) is 42.5 Å². The second kappa shape index (κ2) is 3.46. The van der Waals surface area contributed by atoms with Gasteiger partial charge in [-0.2, -0.15) is 15.5 Å². The standard InChI is InChI=1S/C12H9N5/c1-16-7-11(6-14-16)9-2-3-12-10(4-13)5-15-17(12)8-9/h2-3,5-8H,1H3. The molecule has 0 aliphatic rings. The molecule has 3 rings (SSSR count). The lowest BCUT2D eigenvalue weighted by atomic mass is 10.1. The van der Waals surface area contributed by atoms with Crippen LogP contribution in [0.5, 0.6) is 0 Å². The molecular weight excluding hydrogens is 214 g/mol. The molecule has 5 heteroatoms. The summed E-state index contributed by atoms with van der Waals surface area (Å²) < 4.78 is 3.46. The highest BCUT2D eigenvalue weighted by atomic mass is 15.2. The lowest BCUT2D eigenvalue weighted by Crippen LogP contribution is -1.88. The van der Waals surface area contributed by atoms with Gasteiger partial charge in [-0.3, -0.25) is 4.68 Å². The van der Waals surface area contributed by atoms with Gasteiger partial charge in [-0.25, -0.2) is 4.52 Å². The first-order valence-electron chi connectivity index (χ1n) is 5.14. The molecule has 0 atom stereocenters. The molecule has 0 fully saturated rings. The number of aryl methyl sites for hydroxylation is 1. The van der Waals surface area contributed by atoms with Gasteiger partial charge in [0.1, 0.15) is 6.07 Å². The third kappa shape index (κ3) is 1.47. The second-order valence-corrected chi connectivity index (χ2v) is 3.82. The zero-order valence-corrected chi connectivity index (χ0v) is 9.20. The molecule has 0 aliphatic heterocycles. The number of nitrogens with zero attached hydrogens (tertiary/aromatic N) is 5. The molecule has 3 aromatic rings. The normalized spacial score (nSPS) is 10.6. The van der Waals surface area contributed by atoms with E-state index in [-0.39, 0.29) is 0 Å². The van der Waals surface area contributed by atoms with E-state index in [2.05, 4.69) is 16.3 Å². The Morgan fingerprint density at radius 1 is 1.12 bits per heavy atom. The summed E-state index contributed by atoms with van der Waals surface area (Å²) in [5.41, 5.74) is 3.46. The van der Waals surface area contributed by atoms with Crippen LogP contribution in [0.3, 0.4) is 0 Å². The van der Waals surface area contributed by atoms with Crippen molar-refractivity contribution in [3.8, 4) is 17.2 Å². The maximum Gasteiger partial charge on any atom is 0.103 e. The molecule has 0 spiro atoms. The van der Waals surface area contributed by atoms with Crippen molar-refractivity contribution in [3.63, 3.8) is 0 Å². The Hall–Kier alpha value is -2.61. The fraction of sp³-hybridized carbons (Fsp3) is 0.0833. The SMILES string of the molecule is Cn1cc(-c2ccc3c(C#N)cnn3c2)cn1. The predicted octanol–water partition coefficient (Wildman–Crippen LogP) is 1.61. The van der Waals surface area contributed by atoms with Crippen LogP contribution < -0.4 is 0 Å². The Morgan fingerprint density at radius 3 is 2.71 bits per heavy atom. The van der Waals surface area contributed by atoms with Crippen LogP contribution in [0.25, 0.3) is 16.6 Å². The Balaban J connectivity index is 2.18. The Bertz CT molecular complexity index is 729. The Morgan fingerprint density at radius 2 is 2.00 bits per heavy atom. The summed E-state index contributed by atoms with van der Waals surface area (Å²) in [5.74, 6) is 0. The average Bonchev–Trinajstić information content (AvgIpc) is 2.94. The van der Waals surface area contributed by atoms with Crippen molar-refractivity contribution < 1.29 is 0 Å². The van der Waals surface area contributed by atoms with Crippen LogP contribution in [0.4, 0.5) is 0 Å². The molecule has 5 nitrogen and oxygen atoms in total. The third-order valence-corrected chi connectivity index (χ3v) is 2.67. The number of hydrogen-bond donors (Lipinski definition) is 0. The van der Waals surface area contributed by atoms with Gasteiger partial charge in [-0.05, 0) is 6.07 Å². The minimum atomic E-state index is 0.586. The highest BCUT2D eigenvalue weighted by molar-refractivity contribution is 5.67. The number of rotatable bonds is 1. The zero-order valence-electron chi connectivity index (χ0n) is 9.20. The molecule has 3 aromatic heterocycles. The van der Waals surface area contributed by atoms with Gasteiger partial charge in [0, 0.05) is 30.6 Å². The fourth-order valence-electron chi connectivity index (χ4n) is 1.81. The number of pyridine rings is 1. The summed E-state index contributed by atoms with van der Waals surface area (Å²) in [6.45, 7) is 0. The molecule has 0 bridgehead atoms. The number of hydrogen-bond acceptors (Lipinski definition) is 3. The molecule has 3 heterocycles. The van der Waals surface area contributed by atoms with Crippen LogP contribution in [0, 0.1) is 11.3 Å². The first kappa shape index (κ1) is 9.60. The van der Waals surface area contributed by atoms with Crippen LogP contribution in [0.2, 0.25) is 0 Å². The van der Waals surface area contributed by atoms with Crippen molar-refractivity contribution in [2.24, 2.45) is 7.05 Å². The van der Waals surface area contributed by atoms with Crippen molar-refractivity contribution >= 4 is 5.52 Å². The molecule has 0 unspecified atom stereocenters. The van der Waals surface area contributed by atoms with E-state index in [0.29, 0.717) is 5.56 Å². The van der Waals surface area contributed by atoms with Crippen LogP contribution in [0.1, 0.15) is 5.56 Å². The van der Waals surface area contributed by atoms with Gasteiger partial charge in [0.2, 0.25) is 0 Å². The summed E-state index contributed by atoms with van der Waals surface area (Å²) in [5, 5.41) is 17.2. The fourth-order valence-corrected chi connectivity index (χ4v) is 1.81. The molecule has 0 radical (unpaired) electrons. The third-order valence-electron chi connectivity index (χ3n) is 2.67. The van der Waals surface area contributed by atoms with Crippen LogP contribution >= 0.6 is 0 Å². The Labute approximate surface area is 97.5 Å². The maximum absolute atomic E-state index is 8.90. The lowest BCUT2D eigenvalue weighted by molar-refractivity contribution is 0.768. The second-order valence-electron chi connectivity index (χ2n) is 3.82. The van der Waals surface area contributed by atoms with E-state index in [1.165, 1.54) is 0 Å². The summed E-state index contributed by atoms with van der Waals surface area (Å²) in [4.78, 5) is 0. The van der Waals surface area contributed by atoms with Crippen molar-refractivity contribution in [1.82, 2.24) is 19.4 Å². The van der Waals surface area contributed by atoms with Gasteiger partial charge in [0.25, 0.3) is 0 Å². The molecule has 0 aromatic carbocycles. The van der Waals surface area contributed by atoms with E-state index in [1.807, 2.05) is 31.6 Å². The predicted molar refractivity (Wildman–Crippen MR) is 62.1 cm³/mol. The van der Waals surface area contributed by atoms with Crippen molar-refractivity contribution in [2.45, 2.75) is 0 Å². The highest BCUT2D eigenvalue weighted by Crippen LogP contribution is 2.20. The molecule has 0 aliphatic carbocycles. The van der Waals surface area contributed by atoms with Crippen LogP contribution in [0.15, 0.2) is 36.9 Å². The van der Waals surface area contributed by atoms with E-state index < -0.39 is 0 Å². The molecule has 82 valence electrons. The van der Waals surface area contributed by atoms with Gasteiger partial charge < -0.3 is 0 Å². The van der Waals surface area contributed by atoms with Crippen LogP contribution in [-0.2, 0) is 7.05 Å². The minimum absolute atomic E-state index is 0.586. The Kier molecular flexibility index (Phi) is 1.95. The molecule has 0 saturated carbocycles. The summed E-state index contributed by atoms with van der Waals surface area (Å²) in [6, 6.07) is 5.98. The number of fused-ring (bicyclic) bond motifs is 1. The highest BCUT2D eigenvalue weighted by Gasteiger charge is 2.05. The monoisotopic (exact) mass is 223 g/mol. The van der Waals surface area contributed by atoms with Crippen molar-refractivity contribution in [2.75, 3.05) is 0 Å². The molecule has 0 saturated heterocycles. The summed E-state index contributed by atoms with van der Waals surface area (Å²) in [6.07, 6.45) is 7.21.